The Hall–Kier alpha value is -1.67. The van der Waals surface area contributed by atoms with Crippen molar-refractivity contribution in [3.05, 3.63) is 29.1 Å². The first-order valence-corrected chi connectivity index (χ1v) is 8.95. The summed E-state index contributed by atoms with van der Waals surface area (Å²) in [5.74, 6) is -0.529. The lowest BCUT2D eigenvalue weighted by Crippen LogP contribution is -2.65. The molecule has 0 aromatic carbocycles. The second kappa shape index (κ2) is 6.20. The fourth-order valence-corrected chi connectivity index (χ4v) is 4.06. The number of carbonyl (C=O) groups is 1. The molecule has 1 aromatic heterocycles. The first-order chi connectivity index (χ1) is 12.3. The van der Waals surface area contributed by atoms with E-state index in [-0.39, 0.29) is 17.5 Å². The number of nitrogens with one attached hydrogen (secondary N) is 1. The summed E-state index contributed by atoms with van der Waals surface area (Å²) in [6.45, 7) is 1.03. The second-order valence-electron chi connectivity index (χ2n) is 7.56. The van der Waals surface area contributed by atoms with Crippen LogP contribution in [0.25, 0.3) is 0 Å². The van der Waals surface area contributed by atoms with Gasteiger partial charge in [-0.3, -0.25) is 4.79 Å². The number of carbonyl (C=O) groups excluding carboxylic acids is 1. The molecule has 142 valence electrons. The van der Waals surface area contributed by atoms with Crippen LogP contribution in [0.2, 0.25) is 0 Å². The second-order valence-corrected chi connectivity index (χ2v) is 7.56. The highest BCUT2D eigenvalue weighted by molar-refractivity contribution is 5.94. The van der Waals surface area contributed by atoms with Gasteiger partial charge in [0.2, 0.25) is 0 Å². The molecule has 2 saturated carbocycles. The van der Waals surface area contributed by atoms with Crippen molar-refractivity contribution in [3.8, 4) is 0 Å². The molecule has 3 aliphatic rings. The Morgan fingerprint density at radius 1 is 1.27 bits per heavy atom. The van der Waals surface area contributed by atoms with Crippen LogP contribution in [0.1, 0.15) is 59.8 Å². The minimum absolute atomic E-state index is 0.0104. The maximum Gasteiger partial charge on any atom is 0.433 e. The van der Waals surface area contributed by atoms with Crippen molar-refractivity contribution < 1.29 is 27.8 Å². The Labute approximate surface area is 148 Å². The molecule has 1 spiro atoms. The molecule has 4 rings (SSSR count). The number of hydrogen-bond donors (Lipinski definition) is 2. The van der Waals surface area contributed by atoms with Gasteiger partial charge in [-0.25, -0.2) is 4.98 Å². The fourth-order valence-electron chi connectivity index (χ4n) is 4.06. The minimum Gasteiger partial charge on any atom is -0.392 e. The largest absolute Gasteiger partial charge is 0.433 e. The number of ether oxygens (including phenoxy) is 1. The molecule has 2 heterocycles. The molecule has 8 heteroatoms. The maximum absolute atomic E-state index is 13.1. The molecule has 5 nitrogen and oxygen atoms in total. The third-order valence-electron chi connectivity index (χ3n) is 5.94. The van der Waals surface area contributed by atoms with Crippen LogP contribution in [0, 0.1) is 5.41 Å². The van der Waals surface area contributed by atoms with Gasteiger partial charge < -0.3 is 15.2 Å². The maximum atomic E-state index is 13.1. The summed E-state index contributed by atoms with van der Waals surface area (Å²) in [5, 5.41) is 13.0. The van der Waals surface area contributed by atoms with E-state index >= 15 is 0 Å². The molecule has 26 heavy (non-hydrogen) atoms. The Morgan fingerprint density at radius 3 is 2.54 bits per heavy atom. The van der Waals surface area contributed by atoms with Gasteiger partial charge in [-0.05, 0) is 44.2 Å². The third kappa shape index (κ3) is 3.09. The normalized spacial score (nSPS) is 27.8. The summed E-state index contributed by atoms with van der Waals surface area (Å²) in [7, 11) is 0. The van der Waals surface area contributed by atoms with E-state index in [4.69, 9.17) is 4.74 Å². The summed E-state index contributed by atoms with van der Waals surface area (Å²) in [6, 6.07) is 2.03. The van der Waals surface area contributed by atoms with E-state index in [1.165, 1.54) is 6.07 Å². The standard InChI is InChI=1S/C18H21F3N2O3/c19-18(20,21)14-8-11(7-12(22-14)10-1-2-10)16(25)23-13-9-15(24)17(13)3-5-26-6-4-17/h7-8,10,13,15,24H,1-6,9H2,(H,23,25). The zero-order chi connectivity index (χ0) is 18.5. The van der Waals surface area contributed by atoms with E-state index in [1.807, 2.05) is 0 Å². The third-order valence-corrected chi connectivity index (χ3v) is 5.94. The van der Waals surface area contributed by atoms with E-state index in [9.17, 15) is 23.1 Å². The van der Waals surface area contributed by atoms with Crippen molar-refractivity contribution in [3.63, 3.8) is 0 Å². The van der Waals surface area contributed by atoms with Crippen LogP contribution >= 0.6 is 0 Å². The fraction of sp³-hybridized carbons (Fsp3) is 0.667. The highest BCUT2D eigenvalue weighted by Gasteiger charge is 2.55. The summed E-state index contributed by atoms with van der Waals surface area (Å²) >= 11 is 0. The average Bonchev–Trinajstić information content (AvgIpc) is 3.46. The van der Waals surface area contributed by atoms with E-state index in [0.29, 0.717) is 38.2 Å². The van der Waals surface area contributed by atoms with Crippen LogP contribution in [0.5, 0.6) is 0 Å². The van der Waals surface area contributed by atoms with Gasteiger partial charge in [0.25, 0.3) is 5.91 Å². The van der Waals surface area contributed by atoms with Gasteiger partial charge in [-0.15, -0.1) is 0 Å². The van der Waals surface area contributed by atoms with E-state index in [1.54, 1.807) is 0 Å². The van der Waals surface area contributed by atoms with Crippen LogP contribution in [-0.4, -0.2) is 41.4 Å². The number of halogens is 3. The van der Waals surface area contributed by atoms with Crippen molar-refractivity contribution in [1.82, 2.24) is 10.3 Å². The number of aliphatic hydroxyl groups excluding tert-OH is 1. The number of alkyl halides is 3. The lowest BCUT2D eigenvalue weighted by Gasteiger charge is -2.55. The summed E-state index contributed by atoms with van der Waals surface area (Å²) in [4.78, 5) is 16.3. The van der Waals surface area contributed by atoms with Gasteiger partial charge in [0.15, 0.2) is 0 Å². The van der Waals surface area contributed by atoms with Crippen molar-refractivity contribution in [1.29, 1.82) is 0 Å². The Balaban J connectivity index is 1.55. The van der Waals surface area contributed by atoms with Crippen LogP contribution in [0.4, 0.5) is 13.2 Å². The number of nitrogens with zero attached hydrogens (tertiary/aromatic N) is 1. The minimum atomic E-state index is -4.59. The zero-order valence-electron chi connectivity index (χ0n) is 14.2. The highest BCUT2D eigenvalue weighted by atomic mass is 19.4. The lowest BCUT2D eigenvalue weighted by molar-refractivity contribution is -0.145. The smallest absolute Gasteiger partial charge is 0.392 e. The van der Waals surface area contributed by atoms with Crippen LogP contribution < -0.4 is 5.32 Å². The monoisotopic (exact) mass is 370 g/mol. The number of hydrogen-bond acceptors (Lipinski definition) is 4. The SMILES string of the molecule is O=C(NC1CC(O)C12CCOCC2)c1cc(C2CC2)nc(C(F)(F)F)c1. The molecule has 2 atom stereocenters. The van der Waals surface area contributed by atoms with Gasteiger partial charge in [0.05, 0.1) is 6.10 Å². The average molecular weight is 370 g/mol. The number of aliphatic hydroxyl groups is 1. The zero-order valence-corrected chi connectivity index (χ0v) is 14.2. The van der Waals surface area contributed by atoms with Crippen molar-refractivity contribution >= 4 is 5.91 Å². The quantitative estimate of drug-likeness (QED) is 0.858. The molecule has 1 aliphatic heterocycles. The molecule has 2 aliphatic carbocycles. The van der Waals surface area contributed by atoms with Crippen LogP contribution in [0.15, 0.2) is 12.1 Å². The number of amides is 1. The van der Waals surface area contributed by atoms with Crippen LogP contribution in [0.3, 0.4) is 0 Å². The molecular weight excluding hydrogens is 349 g/mol. The van der Waals surface area contributed by atoms with E-state index in [0.717, 1.165) is 18.9 Å². The molecule has 0 radical (unpaired) electrons. The predicted octanol–water partition coefficient (Wildman–Crippen LogP) is 2.64. The predicted molar refractivity (Wildman–Crippen MR) is 85.6 cm³/mol. The topological polar surface area (TPSA) is 71.5 Å². The van der Waals surface area contributed by atoms with Crippen LogP contribution in [-0.2, 0) is 10.9 Å². The summed E-state index contributed by atoms with van der Waals surface area (Å²) < 4.78 is 44.7. The Kier molecular flexibility index (Phi) is 4.23. The van der Waals surface area contributed by atoms with Crippen molar-refractivity contribution in [2.45, 2.75) is 56.3 Å². The molecule has 1 saturated heterocycles. The Bertz CT molecular complexity index is 712. The number of rotatable bonds is 3. The first kappa shape index (κ1) is 17.7. The highest BCUT2D eigenvalue weighted by Crippen LogP contribution is 2.49. The molecule has 2 N–H and O–H groups in total. The van der Waals surface area contributed by atoms with E-state index in [2.05, 4.69) is 10.3 Å². The van der Waals surface area contributed by atoms with Crippen molar-refractivity contribution in [2.75, 3.05) is 13.2 Å². The van der Waals surface area contributed by atoms with Gasteiger partial charge in [0.1, 0.15) is 5.69 Å². The molecule has 1 aromatic rings. The molecular formula is C18H21F3N2O3. The molecule has 0 bridgehead atoms. The first-order valence-electron chi connectivity index (χ1n) is 8.95. The lowest BCUT2D eigenvalue weighted by atomic mass is 9.58. The van der Waals surface area contributed by atoms with Gasteiger partial charge in [0, 0.05) is 41.8 Å². The molecule has 3 fully saturated rings. The van der Waals surface area contributed by atoms with Crippen molar-refractivity contribution in [2.24, 2.45) is 5.41 Å². The summed E-state index contributed by atoms with van der Waals surface area (Å²) in [6.07, 6.45) is -1.82. The van der Waals surface area contributed by atoms with Gasteiger partial charge >= 0.3 is 6.18 Å². The van der Waals surface area contributed by atoms with Gasteiger partial charge in [-0.2, -0.15) is 13.2 Å². The number of aromatic nitrogens is 1. The van der Waals surface area contributed by atoms with E-state index < -0.39 is 29.3 Å². The number of pyridine rings is 1. The van der Waals surface area contributed by atoms with Gasteiger partial charge in [-0.1, -0.05) is 0 Å². The summed E-state index contributed by atoms with van der Waals surface area (Å²) in [5.41, 5.74) is -1.13. The molecule has 1 amide bonds. The Morgan fingerprint density at radius 2 is 1.96 bits per heavy atom. The molecule has 2 unspecified atom stereocenters.